The van der Waals surface area contributed by atoms with Crippen LogP contribution in [-0.4, -0.2) is 20.9 Å². The number of amidine groups is 1. The third-order valence-corrected chi connectivity index (χ3v) is 4.45. The molecule has 8 heteroatoms. The molecule has 0 aliphatic rings. The highest BCUT2D eigenvalue weighted by atomic mass is 35.7. The fraction of sp³-hybridized carbons (Fsp3) is 0.133. The first-order valence-electron chi connectivity index (χ1n) is 6.62. The van der Waals surface area contributed by atoms with Gasteiger partial charge in [0.25, 0.3) is 9.05 Å². The van der Waals surface area contributed by atoms with Gasteiger partial charge in [-0.2, -0.15) is 0 Å². The second-order valence-corrected chi connectivity index (χ2v) is 7.37. The van der Waals surface area contributed by atoms with Crippen molar-refractivity contribution in [3.63, 3.8) is 0 Å². The molecule has 0 aromatic heterocycles. The molecule has 0 spiro atoms. The van der Waals surface area contributed by atoms with E-state index in [4.69, 9.17) is 16.4 Å². The maximum atomic E-state index is 13.2. The highest BCUT2D eigenvalue weighted by Gasteiger charge is 2.11. The van der Waals surface area contributed by atoms with Gasteiger partial charge in [0.15, 0.2) is 0 Å². The monoisotopic (exact) mass is 355 g/mol. The molecule has 3 N–H and O–H groups in total. The van der Waals surface area contributed by atoms with Gasteiger partial charge >= 0.3 is 0 Å². The van der Waals surface area contributed by atoms with Crippen molar-refractivity contribution in [3.05, 3.63) is 59.4 Å². The standard InChI is InChI=1S/C15H15ClFN3O2S/c1-10-7-12(5-6-14(10)17)19-9-20-15(18)11-3-2-4-13(8-11)23(16,21)22/h2-8,19H,9H2,1H3,(H2,18,20). The van der Waals surface area contributed by atoms with Crippen LogP contribution in [0.5, 0.6) is 0 Å². The lowest BCUT2D eigenvalue weighted by Crippen LogP contribution is -2.16. The van der Waals surface area contributed by atoms with Crippen molar-refractivity contribution >= 4 is 31.3 Å². The van der Waals surface area contributed by atoms with Crippen LogP contribution in [-0.2, 0) is 9.05 Å². The second-order valence-electron chi connectivity index (χ2n) is 4.81. The Morgan fingerprint density at radius 2 is 2.04 bits per heavy atom. The zero-order chi connectivity index (χ0) is 17.0. The quantitative estimate of drug-likeness (QED) is 0.490. The Balaban J connectivity index is 2.09. The first-order chi connectivity index (χ1) is 10.8. The number of anilines is 1. The lowest BCUT2D eigenvalue weighted by molar-refractivity contribution is 0.609. The Morgan fingerprint density at radius 1 is 1.30 bits per heavy atom. The molecule has 0 unspecified atom stereocenters. The fourth-order valence-corrected chi connectivity index (χ4v) is 2.67. The van der Waals surface area contributed by atoms with Crippen LogP contribution in [0.2, 0.25) is 0 Å². The lowest BCUT2D eigenvalue weighted by Gasteiger charge is -2.07. The molecule has 2 aromatic rings. The summed E-state index contributed by atoms with van der Waals surface area (Å²) in [4.78, 5) is 4.07. The average molecular weight is 356 g/mol. The Kier molecular flexibility index (Phi) is 5.23. The third kappa shape index (κ3) is 4.67. The van der Waals surface area contributed by atoms with Crippen LogP contribution in [0.25, 0.3) is 0 Å². The summed E-state index contributed by atoms with van der Waals surface area (Å²) >= 11 is 0. The summed E-state index contributed by atoms with van der Waals surface area (Å²) in [5, 5.41) is 2.98. The summed E-state index contributed by atoms with van der Waals surface area (Å²) in [6, 6.07) is 10.5. The predicted molar refractivity (Wildman–Crippen MR) is 89.8 cm³/mol. The Bertz CT molecular complexity index is 854. The van der Waals surface area contributed by atoms with Crippen LogP contribution in [0.3, 0.4) is 0 Å². The number of hydrogen-bond acceptors (Lipinski definition) is 4. The molecule has 0 radical (unpaired) electrons. The summed E-state index contributed by atoms with van der Waals surface area (Å²) in [5.41, 5.74) is 7.51. The molecule has 0 amide bonds. The molecule has 2 rings (SSSR count). The average Bonchev–Trinajstić information content (AvgIpc) is 2.50. The van der Waals surface area contributed by atoms with Gasteiger partial charge in [0.05, 0.1) is 4.90 Å². The van der Waals surface area contributed by atoms with E-state index < -0.39 is 9.05 Å². The van der Waals surface area contributed by atoms with Crippen LogP contribution in [0.1, 0.15) is 11.1 Å². The van der Waals surface area contributed by atoms with Gasteiger partial charge in [0, 0.05) is 21.9 Å². The highest BCUT2D eigenvalue weighted by molar-refractivity contribution is 8.13. The molecular formula is C15H15ClFN3O2S. The Labute approximate surface area is 138 Å². The molecular weight excluding hydrogens is 341 g/mol. The van der Waals surface area contributed by atoms with E-state index in [-0.39, 0.29) is 23.2 Å². The SMILES string of the molecule is Cc1cc(NCN=C(N)c2cccc(S(=O)(=O)Cl)c2)ccc1F. The molecule has 0 atom stereocenters. The topological polar surface area (TPSA) is 84.5 Å². The van der Waals surface area contributed by atoms with Crippen molar-refractivity contribution in [2.75, 3.05) is 12.0 Å². The first-order valence-corrected chi connectivity index (χ1v) is 8.93. The Morgan fingerprint density at radius 3 is 2.70 bits per heavy atom. The zero-order valence-corrected chi connectivity index (χ0v) is 13.8. The van der Waals surface area contributed by atoms with Gasteiger partial charge < -0.3 is 11.1 Å². The highest BCUT2D eigenvalue weighted by Crippen LogP contribution is 2.16. The normalized spacial score (nSPS) is 12.2. The summed E-state index contributed by atoms with van der Waals surface area (Å²) in [5.74, 6) is -0.115. The summed E-state index contributed by atoms with van der Waals surface area (Å²) in [7, 11) is 1.48. The van der Waals surface area contributed by atoms with Crippen molar-refractivity contribution in [2.45, 2.75) is 11.8 Å². The van der Waals surface area contributed by atoms with E-state index >= 15 is 0 Å². The van der Waals surface area contributed by atoms with Crippen molar-refractivity contribution in [2.24, 2.45) is 10.7 Å². The predicted octanol–water partition coefficient (Wildman–Crippen LogP) is 2.84. The maximum absolute atomic E-state index is 13.2. The summed E-state index contributed by atoms with van der Waals surface area (Å²) in [6.45, 7) is 1.82. The molecule has 0 saturated heterocycles. The minimum atomic E-state index is -3.82. The minimum Gasteiger partial charge on any atom is -0.383 e. The number of halogens is 2. The van der Waals surface area contributed by atoms with Crippen LogP contribution in [0, 0.1) is 12.7 Å². The largest absolute Gasteiger partial charge is 0.383 e. The van der Waals surface area contributed by atoms with Crippen molar-refractivity contribution in [1.82, 2.24) is 0 Å². The van der Waals surface area contributed by atoms with Crippen LogP contribution in [0.4, 0.5) is 10.1 Å². The number of nitrogens with two attached hydrogens (primary N) is 1. The molecule has 122 valence electrons. The third-order valence-electron chi connectivity index (χ3n) is 3.10. The van der Waals surface area contributed by atoms with Gasteiger partial charge in [-0.15, -0.1) is 0 Å². The van der Waals surface area contributed by atoms with E-state index in [0.29, 0.717) is 16.8 Å². The van der Waals surface area contributed by atoms with Gasteiger partial charge in [-0.05, 0) is 42.8 Å². The molecule has 0 saturated carbocycles. The van der Waals surface area contributed by atoms with E-state index in [1.807, 2.05) is 0 Å². The summed E-state index contributed by atoms with van der Waals surface area (Å²) < 4.78 is 35.8. The number of aliphatic imine (C=N–C) groups is 1. The maximum Gasteiger partial charge on any atom is 0.261 e. The number of rotatable bonds is 5. The number of nitrogens with zero attached hydrogens (tertiary/aromatic N) is 1. The van der Waals surface area contributed by atoms with Crippen molar-refractivity contribution < 1.29 is 12.8 Å². The molecule has 0 aliphatic carbocycles. The second kappa shape index (κ2) is 6.97. The fourth-order valence-electron chi connectivity index (χ4n) is 1.87. The molecule has 5 nitrogen and oxygen atoms in total. The van der Waals surface area contributed by atoms with E-state index in [0.717, 1.165) is 0 Å². The van der Waals surface area contributed by atoms with E-state index in [9.17, 15) is 12.8 Å². The molecule has 2 aromatic carbocycles. The van der Waals surface area contributed by atoms with Gasteiger partial charge in [-0.3, -0.25) is 0 Å². The Hall–Kier alpha value is -2.12. The van der Waals surface area contributed by atoms with Crippen LogP contribution < -0.4 is 11.1 Å². The number of nitrogens with one attached hydrogen (secondary N) is 1. The van der Waals surface area contributed by atoms with Gasteiger partial charge in [0.2, 0.25) is 0 Å². The zero-order valence-electron chi connectivity index (χ0n) is 12.3. The molecule has 0 heterocycles. The smallest absolute Gasteiger partial charge is 0.261 e. The van der Waals surface area contributed by atoms with E-state index in [1.165, 1.54) is 24.3 Å². The van der Waals surface area contributed by atoms with Crippen molar-refractivity contribution in [1.29, 1.82) is 0 Å². The van der Waals surface area contributed by atoms with Crippen LogP contribution >= 0.6 is 10.7 Å². The molecule has 0 fully saturated rings. The van der Waals surface area contributed by atoms with Gasteiger partial charge in [0.1, 0.15) is 18.3 Å². The van der Waals surface area contributed by atoms with E-state index in [1.54, 1.807) is 25.1 Å². The lowest BCUT2D eigenvalue weighted by atomic mass is 10.2. The summed E-state index contributed by atoms with van der Waals surface area (Å²) in [6.07, 6.45) is 0. The van der Waals surface area contributed by atoms with Crippen LogP contribution in [0.15, 0.2) is 52.4 Å². The minimum absolute atomic E-state index is 0.0445. The van der Waals surface area contributed by atoms with Gasteiger partial charge in [-0.25, -0.2) is 17.8 Å². The van der Waals surface area contributed by atoms with E-state index in [2.05, 4.69) is 10.3 Å². The van der Waals surface area contributed by atoms with Gasteiger partial charge in [-0.1, -0.05) is 12.1 Å². The molecule has 0 aliphatic heterocycles. The number of aryl methyl sites for hydroxylation is 1. The first kappa shape index (κ1) is 17.2. The van der Waals surface area contributed by atoms with Crippen molar-refractivity contribution in [3.8, 4) is 0 Å². The molecule has 23 heavy (non-hydrogen) atoms. The number of benzene rings is 2. The molecule has 0 bridgehead atoms. The number of hydrogen-bond donors (Lipinski definition) is 2.